The van der Waals surface area contributed by atoms with Crippen LogP contribution in [0.15, 0.2) is 42.5 Å². The van der Waals surface area contributed by atoms with Crippen molar-refractivity contribution in [2.24, 2.45) is 0 Å². The van der Waals surface area contributed by atoms with Crippen LogP contribution >= 0.6 is 11.6 Å². The molecule has 8 heteroatoms. The van der Waals surface area contributed by atoms with Crippen molar-refractivity contribution in [1.29, 1.82) is 0 Å². The lowest BCUT2D eigenvalue weighted by atomic mass is 10.2. The number of nitro groups is 1. The monoisotopic (exact) mass is 337 g/mol. The summed E-state index contributed by atoms with van der Waals surface area (Å²) < 4.78 is 12.9. The van der Waals surface area contributed by atoms with E-state index in [1.165, 1.54) is 12.1 Å². The molecule has 0 aliphatic carbocycles. The molecule has 23 heavy (non-hydrogen) atoms. The van der Waals surface area contributed by atoms with E-state index < -0.39 is 16.6 Å². The second-order valence-electron chi connectivity index (χ2n) is 4.58. The maximum Gasteiger partial charge on any atom is 0.292 e. The molecule has 0 fully saturated rings. The number of anilines is 1. The van der Waals surface area contributed by atoms with Gasteiger partial charge in [-0.1, -0.05) is 23.7 Å². The molecule has 0 unspecified atom stereocenters. The van der Waals surface area contributed by atoms with Crippen molar-refractivity contribution >= 4 is 28.9 Å². The Kier molecular flexibility index (Phi) is 5.48. The van der Waals surface area contributed by atoms with Crippen LogP contribution in [-0.4, -0.2) is 23.9 Å². The first kappa shape index (κ1) is 16.7. The fraction of sp³-hybridized carbons (Fsp3) is 0.133. The molecule has 6 nitrogen and oxygen atoms in total. The van der Waals surface area contributed by atoms with Gasteiger partial charge in [0.15, 0.2) is 0 Å². The molecule has 0 aliphatic heterocycles. The highest BCUT2D eigenvalue weighted by Crippen LogP contribution is 2.22. The number of rotatable bonds is 6. The molecule has 0 spiro atoms. The first-order valence-electron chi connectivity index (χ1n) is 6.69. The summed E-state index contributed by atoms with van der Waals surface area (Å²) in [7, 11) is 0. The highest BCUT2D eigenvalue weighted by atomic mass is 35.5. The number of amides is 1. The van der Waals surface area contributed by atoms with Crippen LogP contribution in [0.5, 0.6) is 0 Å². The number of para-hydroxylation sites is 2. The van der Waals surface area contributed by atoms with Crippen molar-refractivity contribution in [1.82, 2.24) is 5.32 Å². The third-order valence-electron chi connectivity index (χ3n) is 3.00. The van der Waals surface area contributed by atoms with Crippen molar-refractivity contribution in [3.05, 3.63) is 69.0 Å². The summed E-state index contributed by atoms with van der Waals surface area (Å²) in [5.74, 6) is -0.969. The van der Waals surface area contributed by atoms with Crippen molar-refractivity contribution in [2.45, 2.75) is 0 Å². The van der Waals surface area contributed by atoms with Gasteiger partial charge in [0.1, 0.15) is 11.5 Å². The van der Waals surface area contributed by atoms with Gasteiger partial charge in [-0.05, 0) is 24.3 Å². The Morgan fingerprint density at radius 2 is 1.96 bits per heavy atom. The summed E-state index contributed by atoms with van der Waals surface area (Å²) in [4.78, 5) is 22.3. The van der Waals surface area contributed by atoms with Gasteiger partial charge < -0.3 is 10.6 Å². The molecule has 0 bridgehead atoms. The second kappa shape index (κ2) is 7.55. The minimum Gasteiger partial charge on any atom is -0.378 e. The summed E-state index contributed by atoms with van der Waals surface area (Å²) in [6, 6.07) is 9.71. The molecule has 2 rings (SSSR count). The average Bonchev–Trinajstić information content (AvgIpc) is 2.51. The first-order chi connectivity index (χ1) is 11.0. The molecule has 0 heterocycles. The zero-order valence-corrected chi connectivity index (χ0v) is 12.6. The van der Waals surface area contributed by atoms with E-state index in [0.29, 0.717) is 5.69 Å². The lowest BCUT2D eigenvalue weighted by molar-refractivity contribution is -0.384. The quantitative estimate of drug-likeness (QED) is 0.481. The topological polar surface area (TPSA) is 84.3 Å². The molecule has 0 aliphatic rings. The summed E-state index contributed by atoms with van der Waals surface area (Å²) in [6.07, 6.45) is 0. The number of halogens is 2. The highest BCUT2D eigenvalue weighted by Gasteiger charge is 2.12. The zero-order valence-electron chi connectivity index (χ0n) is 11.9. The molecular weight excluding hydrogens is 325 g/mol. The average molecular weight is 338 g/mol. The van der Waals surface area contributed by atoms with Crippen LogP contribution in [0.3, 0.4) is 0 Å². The Hall–Kier alpha value is -2.67. The van der Waals surface area contributed by atoms with Crippen molar-refractivity contribution in [3.8, 4) is 0 Å². The molecule has 2 N–H and O–H groups in total. The van der Waals surface area contributed by atoms with Gasteiger partial charge in [-0.15, -0.1) is 0 Å². The van der Waals surface area contributed by atoms with Gasteiger partial charge in [-0.3, -0.25) is 14.9 Å². The van der Waals surface area contributed by atoms with Gasteiger partial charge in [0.05, 0.1) is 15.5 Å². The Balaban J connectivity index is 1.88. The smallest absolute Gasteiger partial charge is 0.292 e. The molecule has 0 saturated heterocycles. The predicted molar refractivity (Wildman–Crippen MR) is 85.3 cm³/mol. The summed E-state index contributed by atoms with van der Waals surface area (Å²) in [5, 5.41) is 16.4. The first-order valence-corrected chi connectivity index (χ1v) is 7.07. The summed E-state index contributed by atoms with van der Waals surface area (Å²) in [6.45, 7) is 0.508. The summed E-state index contributed by atoms with van der Waals surface area (Å²) in [5.41, 5.74) is 0.491. The highest BCUT2D eigenvalue weighted by molar-refractivity contribution is 6.33. The van der Waals surface area contributed by atoms with Gasteiger partial charge in [-0.25, -0.2) is 4.39 Å². The SMILES string of the molecule is O=C(NCCNc1ccccc1[N+](=O)[O-])c1ccc(F)cc1Cl. The minimum absolute atomic E-state index is 0.0224. The van der Waals surface area contributed by atoms with E-state index in [-0.39, 0.29) is 29.4 Å². The molecule has 2 aromatic carbocycles. The van der Waals surface area contributed by atoms with E-state index in [1.54, 1.807) is 18.2 Å². The van der Waals surface area contributed by atoms with E-state index in [4.69, 9.17) is 11.6 Å². The van der Waals surface area contributed by atoms with Crippen LogP contribution in [0.25, 0.3) is 0 Å². The Bertz CT molecular complexity index is 740. The van der Waals surface area contributed by atoms with Crippen LogP contribution < -0.4 is 10.6 Å². The third-order valence-corrected chi connectivity index (χ3v) is 3.32. The second-order valence-corrected chi connectivity index (χ2v) is 4.99. The van der Waals surface area contributed by atoms with E-state index in [2.05, 4.69) is 10.6 Å². The Morgan fingerprint density at radius 3 is 2.65 bits per heavy atom. The molecule has 2 aromatic rings. The lowest BCUT2D eigenvalue weighted by Crippen LogP contribution is -2.29. The maximum atomic E-state index is 12.9. The number of carbonyl (C=O) groups is 1. The molecule has 0 saturated carbocycles. The van der Waals surface area contributed by atoms with E-state index in [9.17, 15) is 19.3 Å². The van der Waals surface area contributed by atoms with E-state index in [0.717, 1.165) is 12.1 Å². The van der Waals surface area contributed by atoms with Gasteiger partial charge in [-0.2, -0.15) is 0 Å². The minimum atomic E-state index is -0.524. The van der Waals surface area contributed by atoms with Crippen molar-refractivity contribution in [3.63, 3.8) is 0 Å². The van der Waals surface area contributed by atoms with Crippen LogP contribution in [0.1, 0.15) is 10.4 Å². The lowest BCUT2D eigenvalue weighted by Gasteiger charge is -2.09. The Morgan fingerprint density at radius 1 is 1.22 bits per heavy atom. The Labute approximate surface area is 136 Å². The number of nitro benzene ring substituents is 1. The van der Waals surface area contributed by atoms with Crippen LogP contribution in [0, 0.1) is 15.9 Å². The number of nitrogens with one attached hydrogen (secondary N) is 2. The number of nitrogens with zero attached hydrogens (tertiary/aromatic N) is 1. The number of carbonyl (C=O) groups excluding carboxylic acids is 1. The fourth-order valence-corrected chi connectivity index (χ4v) is 2.18. The largest absolute Gasteiger partial charge is 0.378 e. The van der Waals surface area contributed by atoms with Gasteiger partial charge >= 0.3 is 0 Å². The van der Waals surface area contributed by atoms with Gasteiger partial charge in [0.25, 0.3) is 11.6 Å². The standard InChI is InChI=1S/C15H13ClFN3O3/c16-12-9-10(17)5-6-11(12)15(21)19-8-7-18-13-3-1-2-4-14(13)20(22)23/h1-6,9,18H,7-8H2,(H,19,21). The third kappa shape index (κ3) is 4.40. The van der Waals surface area contributed by atoms with Crippen molar-refractivity contribution in [2.75, 3.05) is 18.4 Å². The zero-order chi connectivity index (χ0) is 16.8. The van der Waals surface area contributed by atoms with Crippen LogP contribution in [0.2, 0.25) is 5.02 Å². The molecule has 0 atom stereocenters. The fourth-order valence-electron chi connectivity index (χ4n) is 1.92. The number of benzene rings is 2. The summed E-state index contributed by atoms with van der Waals surface area (Å²) >= 11 is 5.80. The predicted octanol–water partition coefficient (Wildman–Crippen LogP) is 3.23. The van der Waals surface area contributed by atoms with E-state index >= 15 is 0 Å². The molecule has 1 amide bonds. The number of hydrogen-bond donors (Lipinski definition) is 2. The van der Waals surface area contributed by atoms with Gasteiger partial charge in [0.2, 0.25) is 0 Å². The normalized spacial score (nSPS) is 10.2. The van der Waals surface area contributed by atoms with E-state index in [1.807, 2.05) is 0 Å². The van der Waals surface area contributed by atoms with Gasteiger partial charge in [0, 0.05) is 19.2 Å². The molecule has 120 valence electrons. The van der Waals surface area contributed by atoms with Crippen molar-refractivity contribution < 1.29 is 14.1 Å². The molecule has 0 aromatic heterocycles. The molecular formula is C15H13ClFN3O3. The maximum absolute atomic E-state index is 12.9. The number of hydrogen-bond acceptors (Lipinski definition) is 4. The van der Waals surface area contributed by atoms with Crippen LogP contribution in [-0.2, 0) is 0 Å². The van der Waals surface area contributed by atoms with Crippen LogP contribution in [0.4, 0.5) is 15.8 Å². The molecule has 0 radical (unpaired) electrons.